The Bertz CT molecular complexity index is 891. The number of amides is 1. The van der Waals surface area contributed by atoms with E-state index in [4.69, 9.17) is 5.26 Å². The van der Waals surface area contributed by atoms with Crippen LogP contribution < -0.4 is 5.32 Å². The molecule has 1 heterocycles. The smallest absolute Gasteiger partial charge is 0.224 e. The zero-order valence-electron chi connectivity index (χ0n) is 12.5. The molecule has 0 aliphatic carbocycles. The van der Waals surface area contributed by atoms with Crippen molar-refractivity contribution in [3.05, 3.63) is 71.9 Å². The molecule has 23 heavy (non-hydrogen) atoms. The summed E-state index contributed by atoms with van der Waals surface area (Å²) in [5.41, 5.74) is 3.00. The highest BCUT2D eigenvalue weighted by Gasteiger charge is 2.08. The summed E-state index contributed by atoms with van der Waals surface area (Å²) < 4.78 is 0. The molecule has 1 N–H and O–H groups in total. The number of nitrogens with zero attached hydrogens (tertiary/aromatic N) is 2. The van der Waals surface area contributed by atoms with Gasteiger partial charge in [0.1, 0.15) is 0 Å². The standard InChI is InChI=1S/C19H15N3O/c20-13-16-6-2-1-5-14(16)10-11-18(23)22-17-9-3-7-15-8-4-12-21-19(15)17/h1-9,12H,10-11H2,(H,22,23). The summed E-state index contributed by atoms with van der Waals surface area (Å²) in [7, 11) is 0. The third-order valence-electron chi connectivity index (χ3n) is 3.67. The van der Waals surface area contributed by atoms with Gasteiger partial charge in [-0.1, -0.05) is 36.4 Å². The number of hydrogen-bond acceptors (Lipinski definition) is 3. The number of aryl methyl sites for hydroxylation is 1. The molecule has 0 fully saturated rings. The predicted molar refractivity (Wildman–Crippen MR) is 89.9 cm³/mol. The summed E-state index contributed by atoms with van der Waals surface area (Å²) >= 11 is 0. The molecule has 0 radical (unpaired) electrons. The van der Waals surface area contributed by atoms with E-state index in [0.717, 1.165) is 16.5 Å². The van der Waals surface area contributed by atoms with Gasteiger partial charge in [-0.05, 0) is 30.2 Å². The molecule has 3 rings (SSSR count). The van der Waals surface area contributed by atoms with Crippen molar-refractivity contribution in [2.24, 2.45) is 0 Å². The molecule has 0 unspecified atom stereocenters. The third kappa shape index (κ3) is 3.35. The van der Waals surface area contributed by atoms with Crippen molar-refractivity contribution in [3.63, 3.8) is 0 Å². The molecule has 3 aromatic rings. The topological polar surface area (TPSA) is 65.8 Å². The maximum absolute atomic E-state index is 12.2. The quantitative estimate of drug-likeness (QED) is 0.799. The molecule has 0 aliphatic heterocycles. The molecule has 1 aromatic heterocycles. The van der Waals surface area contributed by atoms with Gasteiger partial charge < -0.3 is 5.32 Å². The van der Waals surface area contributed by atoms with Gasteiger partial charge in [-0.25, -0.2) is 0 Å². The van der Waals surface area contributed by atoms with E-state index in [9.17, 15) is 4.79 Å². The van der Waals surface area contributed by atoms with Gasteiger partial charge in [-0.15, -0.1) is 0 Å². The van der Waals surface area contributed by atoms with Crippen LogP contribution in [0.2, 0.25) is 0 Å². The number of nitriles is 1. The second-order valence-corrected chi connectivity index (χ2v) is 5.20. The van der Waals surface area contributed by atoms with Crippen LogP contribution in [0.1, 0.15) is 17.5 Å². The highest BCUT2D eigenvalue weighted by atomic mass is 16.1. The fraction of sp³-hybridized carbons (Fsp3) is 0.105. The van der Waals surface area contributed by atoms with Crippen LogP contribution >= 0.6 is 0 Å². The SMILES string of the molecule is N#Cc1ccccc1CCC(=O)Nc1cccc2cccnc12. The molecule has 1 amide bonds. The number of nitrogens with one attached hydrogen (secondary N) is 1. The molecule has 0 spiro atoms. The zero-order valence-corrected chi connectivity index (χ0v) is 12.5. The highest BCUT2D eigenvalue weighted by Crippen LogP contribution is 2.21. The number of anilines is 1. The molecule has 0 atom stereocenters. The van der Waals surface area contributed by atoms with Crippen LogP contribution in [0, 0.1) is 11.3 Å². The maximum atomic E-state index is 12.2. The Morgan fingerprint density at radius 1 is 1.09 bits per heavy atom. The number of rotatable bonds is 4. The lowest BCUT2D eigenvalue weighted by Crippen LogP contribution is -2.13. The fourth-order valence-electron chi connectivity index (χ4n) is 2.51. The Kier molecular flexibility index (Phi) is 4.30. The summed E-state index contributed by atoms with van der Waals surface area (Å²) in [6.07, 6.45) is 2.57. The number of benzene rings is 2. The number of carbonyl (C=O) groups excluding carboxylic acids is 1. The first kappa shape index (κ1) is 14.7. The Morgan fingerprint density at radius 2 is 1.91 bits per heavy atom. The molecular formula is C19H15N3O. The van der Waals surface area contributed by atoms with E-state index in [-0.39, 0.29) is 5.91 Å². The van der Waals surface area contributed by atoms with E-state index in [1.807, 2.05) is 48.5 Å². The second kappa shape index (κ2) is 6.71. The maximum Gasteiger partial charge on any atom is 0.224 e. The first-order chi connectivity index (χ1) is 11.3. The molecule has 112 valence electrons. The average Bonchev–Trinajstić information content (AvgIpc) is 2.60. The van der Waals surface area contributed by atoms with Crippen molar-refractivity contribution in [2.75, 3.05) is 5.32 Å². The normalized spacial score (nSPS) is 10.2. The first-order valence-corrected chi connectivity index (χ1v) is 7.39. The van der Waals surface area contributed by atoms with Crippen LogP contribution in [-0.4, -0.2) is 10.9 Å². The van der Waals surface area contributed by atoms with Gasteiger partial charge in [0.05, 0.1) is 22.8 Å². The van der Waals surface area contributed by atoms with Gasteiger partial charge in [0.2, 0.25) is 5.91 Å². The minimum absolute atomic E-state index is 0.0871. The second-order valence-electron chi connectivity index (χ2n) is 5.20. The summed E-state index contributed by atoms with van der Waals surface area (Å²) in [5, 5.41) is 13.0. The Hall–Kier alpha value is -3.19. The molecule has 0 bridgehead atoms. The summed E-state index contributed by atoms with van der Waals surface area (Å²) in [4.78, 5) is 16.5. The Balaban J connectivity index is 1.71. The molecule has 4 nitrogen and oxygen atoms in total. The number of para-hydroxylation sites is 1. The number of carbonyl (C=O) groups is 1. The van der Waals surface area contributed by atoms with E-state index in [2.05, 4.69) is 16.4 Å². The van der Waals surface area contributed by atoms with Crippen molar-refractivity contribution in [2.45, 2.75) is 12.8 Å². The number of pyridine rings is 1. The van der Waals surface area contributed by atoms with E-state index < -0.39 is 0 Å². The molecule has 0 saturated heterocycles. The van der Waals surface area contributed by atoms with Gasteiger partial charge in [0.25, 0.3) is 0 Å². The third-order valence-corrected chi connectivity index (χ3v) is 3.67. The minimum atomic E-state index is -0.0871. The highest BCUT2D eigenvalue weighted by molar-refractivity contribution is 6.00. The molecule has 0 aliphatic rings. The lowest BCUT2D eigenvalue weighted by molar-refractivity contribution is -0.116. The summed E-state index contributed by atoms with van der Waals surface area (Å²) in [5.74, 6) is -0.0871. The Morgan fingerprint density at radius 3 is 2.78 bits per heavy atom. The summed E-state index contributed by atoms with van der Waals surface area (Å²) in [6.45, 7) is 0. The number of aromatic nitrogens is 1. The van der Waals surface area contributed by atoms with Crippen LogP contribution in [0.25, 0.3) is 10.9 Å². The summed E-state index contributed by atoms with van der Waals surface area (Å²) in [6, 6.07) is 19.0. The lowest BCUT2D eigenvalue weighted by Gasteiger charge is -2.08. The van der Waals surface area contributed by atoms with Crippen molar-refractivity contribution in [1.82, 2.24) is 4.98 Å². The van der Waals surface area contributed by atoms with Crippen molar-refractivity contribution in [3.8, 4) is 6.07 Å². The van der Waals surface area contributed by atoms with Crippen LogP contribution in [0.3, 0.4) is 0 Å². The molecule has 0 saturated carbocycles. The minimum Gasteiger partial charge on any atom is -0.324 e. The monoisotopic (exact) mass is 301 g/mol. The fourth-order valence-corrected chi connectivity index (χ4v) is 2.51. The van der Waals surface area contributed by atoms with Crippen molar-refractivity contribution in [1.29, 1.82) is 5.26 Å². The van der Waals surface area contributed by atoms with Gasteiger partial charge >= 0.3 is 0 Å². The largest absolute Gasteiger partial charge is 0.324 e. The van der Waals surface area contributed by atoms with E-state index >= 15 is 0 Å². The van der Waals surface area contributed by atoms with Crippen LogP contribution in [0.4, 0.5) is 5.69 Å². The van der Waals surface area contributed by atoms with E-state index in [1.54, 1.807) is 12.3 Å². The van der Waals surface area contributed by atoms with Gasteiger partial charge in [0.15, 0.2) is 0 Å². The van der Waals surface area contributed by atoms with Gasteiger partial charge in [-0.2, -0.15) is 5.26 Å². The van der Waals surface area contributed by atoms with Crippen LogP contribution in [-0.2, 0) is 11.2 Å². The van der Waals surface area contributed by atoms with Crippen molar-refractivity contribution < 1.29 is 4.79 Å². The lowest BCUT2D eigenvalue weighted by atomic mass is 10.0. The Labute approximate surface area is 134 Å². The van der Waals surface area contributed by atoms with E-state index in [0.29, 0.717) is 24.1 Å². The van der Waals surface area contributed by atoms with E-state index in [1.165, 1.54) is 0 Å². The van der Waals surface area contributed by atoms with Crippen LogP contribution in [0.15, 0.2) is 60.8 Å². The van der Waals surface area contributed by atoms with Crippen LogP contribution in [0.5, 0.6) is 0 Å². The number of hydrogen-bond donors (Lipinski definition) is 1. The van der Waals surface area contributed by atoms with Gasteiger partial charge in [0, 0.05) is 18.0 Å². The zero-order chi connectivity index (χ0) is 16.1. The molecule has 2 aromatic carbocycles. The molecule has 4 heteroatoms. The first-order valence-electron chi connectivity index (χ1n) is 7.39. The molecular weight excluding hydrogens is 286 g/mol. The van der Waals surface area contributed by atoms with Crippen molar-refractivity contribution >= 4 is 22.5 Å². The number of fused-ring (bicyclic) bond motifs is 1. The van der Waals surface area contributed by atoms with Gasteiger partial charge in [-0.3, -0.25) is 9.78 Å². The average molecular weight is 301 g/mol. The predicted octanol–water partition coefficient (Wildman–Crippen LogP) is 3.68.